The summed E-state index contributed by atoms with van der Waals surface area (Å²) in [5, 5.41) is 1.84. The third-order valence-corrected chi connectivity index (χ3v) is 3.53. The summed E-state index contributed by atoms with van der Waals surface area (Å²) in [6, 6.07) is 5.15. The van der Waals surface area contributed by atoms with Crippen molar-refractivity contribution in [1.29, 1.82) is 0 Å². The first kappa shape index (κ1) is 12.5. The Labute approximate surface area is 109 Å². The molecule has 0 atom stereocenters. The van der Waals surface area contributed by atoms with Crippen molar-refractivity contribution in [1.82, 2.24) is 0 Å². The van der Waals surface area contributed by atoms with Crippen molar-refractivity contribution in [3.63, 3.8) is 0 Å². The maximum Gasteiger partial charge on any atom is 0.197 e. The minimum Gasteiger partial charge on any atom is -0.449 e. The molecule has 0 saturated carbocycles. The monoisotopic (exact) mass is 268 g/mol. The van der Waals surface area contributed by atoms with Gasteiger partial charge in [0, 0.05) is 10.6 Å². The molecule has 0 aliphatic heterocycles. The van der Waals surface area contributed by atoms with Crippen molar-refractivity contribution in [2.24, 2.45) is 0 Å². The lowest BCUT2D eigenvalue weighted by molar-refractivity contribution is 0.486. The first-order valence-electron chi connectivity index (χ1n) is 5.46. The summed E-state index contributed by atoms with van der Waals surface area (Å²) in [5.74, 6) is 0. The Bertz CT molecular complexity index is 604. The predicted molar refractivity (Wildman–Crippen MR) is 73.3 cm³/mol. The van der Waals surface area contributed by atoms with E-state index in [0.29, 0.717) is 21.1 Å². The standard InChI is InChI=1S/C13H13ClO2S/c1-3-4-9-12(15)10-7-8(14)5-6-11(10)16-13(9)17-2/h5-7H,3-4H2,1-2H3. The zero-order valence-electron chi connectivity index (χ0n) is 9.75. The summed E-state index contributed by atoms with van der Waals surface area (Å²) < 4.78 is 5.73. The van der Waals surface area contributed by atoms with Crippen molar-refractivity contribution >= 4 is 34.3 Å². The highest BCUT2D eigenvalue weighted by Crippen LogP contribution is 2.25. The Morgan fingerprint density at radius 2 is 2.18 bits per heavy atom. The second-order valence-corrected chi connectivity index (χ2v) is 5.01. The first-order valence-corrected chi connectivity index (χ1v) is 7.07. The van der Waals surface area contributed by atoms with Gasteiger partial charge in [0.05, 0.1) is 5.39 Å². The van der Waals surface area contributed by atoms with E-state index in [0.717, 1.165) is 18.4 Å². The number of hydrogen-bond donors (Lipinski definition) is 0. The normalized spacial score (nSPS) is 11.0. The summed E-state index contributed by atoms with van der Waals surface area (Å²) in [5.41, 5.74) is 1.40. The minimum atomic E-state index is 0.0416. The Kier molecular flexibility index (Phi) is 3.79. The predicted octanol–water partition coefficient (Wildman–Crippen LogP) is 4.12. The molecule has 2 rings (SSSR count). The van der Waals surface area contributed by atoms with E-state index in [1.807, 2.05) is 13.2 Å². The third-order valence-electron chi connectivity index (χ3n) is 2.59. The second-order valence-electron chi connectivity index (χ2n) is 3.79. The maximum absolute atomic E-state index is 12.3. The van der Waals surface area contributed by atoms with Gasteiger partial charge in [0.15, 0.2) is 10.5 Å². The van der Waals surface area contributed by atoms with Gasteiger partial charge in [0.1, 0.15) is 5.58 Å². The average Bonchev–Trinajstić information content (AvgIpc) is 2.33. The molecular weight excluding hydrogens is 256 g/mol. The smallest absolute Gasteiger partial charge is 0.197 e. The van der Waals surface area contributed by atoms with Crippen molar-refractivity contribution in [2.45, 2.75) is 24.9 Å². The quantitative estimate of drug-likeness (QED) is 0.785. The molecular formula is C13H13ClO2S. The SMILES string of the molecule is CCCc1c(SC)oc2ccc(Cl)cc2c1=O. The number of halogens is 1. The van der Waals surface area contributed by atoms with E-state index in [4.69, 9.17) is 16.0 Å². The first-order chi connectivity index (χ1) is 8.17. The maximum atomic E-state index is 12.3. The summed E-state index contributed by atoms with van der Waals surface area (Å²) >= 11 is 7.38. The van der Waals surface area contributed by atoms with Crippen LogP contribution in [0.5, 0.6) is 0 Å². The van der Waals surface area contributed by atoms with Gasteiger partial charge in [-0.25, -0.2) is 0 Å². The number of thioether (sulfide) groups is 1. The van der Waals surface area contributed by atoms with Crippen LogP contribution in [0.2, 0.25) is 5.02 Å². The van der Waals surface area contributed by atoms with E-state index >= 15 is 0 Å². The highest BCUT2D eigenvalue weighted by molar-refractivity contribution is 7.98. The molecule has 0 radical (unpaired) electrons. The van der Waals surface area contributed by atoms with Crippen LogP contribution in [0.15, 0.2) is 32.5 Å². The lowest BCUT2D eigenvalue weighted by Crippen LogP contribution is -2.10. The molecule has 4 heteroatoms. The lowest BCUT2D eigenvalue weighted by Gasteiger charge is -2.06. The van der Waals surface area contributed by atoms with Crippen LogP contribution in [-0.2, 0) is 6.42 Å². The lowest BCUT2D eigenvalue weighted by atomic mass is 10.1. The molecule has 0 fully saturated rings. The van der Waals surface area contributed by atoms with Gasteiger partial charge in [0.2, 0.25) is 0 Å². The van der Waals surface area contributed by atoms with Gasteiger partial charge in [-0.05, 0) is 30.9 Å². The number of benzene rings is 1. The number of rotatable bonds is 3. The van der Waals surface area contributed by atoms with Crippen molar-refractivity contribution in [3.8, 4) is 0 Å². The zero-order chi connectivity index (χ0) is 12.4. The summed E-state index contributed by atoms with van der Waals surface area (Å²) in [6.45, 7) is 2.05. The summed E-state index contributed by atoms with van der Waals surface area (Å²) in [4.78, 5) is 12.3. The van der Waals surface area contributed by atoms with E-state index in [1.165, 1.54) is 11.8 Å². The fourth-order valence-corrected chi connectivity index (χ4v) is 2.60. The van der Waals surface area contributed by atoms with Gasteiger partial charge >= 0.3 is 0 Å². The Hall–Kier alpha value is -0.930. The Morgan fingerprint density at radius 1 is 1.41 bits per heavy atom. The average molecular weight is 269 g/mol. The molecule has 90 valence electrons. The molecule has 17 heavy (non-hydrogen) atoms. The zero-order valence-corrected chi connectivity index (χ0v) is 11.3. The van der Waals surface area contributed by atoms with E-state index < -0.39 is 0 Å². The van der Waals surface area contributed by atoms with E-state index in [2.05, 4.69) is 0 Å². The molecule has 0 N–H and O–H groups in total. The third kappa shape index (κ3) is 2.35. The van der Waals surface area contributed by atoms with Crippen LogP contribution < -0.4 is 5.43 Å². The Morgan fingerprint density at radius 3 is 2.82 bits per heavy atom. The number of hydrogen-bond acceptors (Lipinski definition) is 3. The summed E-state index contributed by atoms with van der Waals surface area (Å²) in [7, 11) is 0. The molecule has 1 heterocycles. The topological polar surface area (TPSA) is 30.2 Å². The Balaban J connectivity index is 2.79. The molecule has 2 nitrogen and oxygen atoms in total. The molecule has 0 aliphatic carbocycles. The minimum absolute atomic E-state index is 0.0416. The van der Waals surface area contributed by atoms with Crippen LogP contribution in [0.3, 0.4) is 0 Å². The van der Waals surface area contributed by atoms with Gasteiger partial charge in [-0.1, -0.05) is 36.7 Å². The highest BCUT2D eigenvalue weighted by Gasteiger charge is 2.13. The van der Waals surface area contributed by atoms with Crippen LogP contribution in [0.1, 0.15) is 18.9 Å². The van der Waals surface area contributed by atoms with Crippen LogP contribution in [-0.4, -0.2) is 6.26 Å². The summed E-state index contributed by atoms with van der Waals surface area (Å²) in [6.07, 6.45) is 3.57. The van der Waals surface area contributed by atoms with E-state index in [-0.39, 0.29) is 5.43 Å². The van der Waals surface area contributed by atoms with Crippen LogP contribution >= 0.6 is 23.4 Å². The molecule has 1 aromatic carbocycles. The number of fused-ring (bicyclic) bond motifs is 1. The molecule has 0 aliphatic rings. The van der Waals surface area contributed by atoms with Crippen molar-refractivity contribution in [3.05, 3.63) is 39.0 Å². The van der Waals surface area contributed by atoms with Gasteiger partial charge in [-0.2, -0.15) is 0 Å². The molecule has 0 bridgehead atoms. The molecule has 0 amide bonds. The van der Waals surface area contributed by atoms with E-state index in [9.17, 15) is 4.79 Å². The molecule has 2 aromatic rings. The van der Waals surface area contributed by atoms with Gasteiger partial charge < -0.3 is 4.42 Å². The molecule has 0 unspecified atom stereocenters. The molecule has 0 saturated heterocycles. The van der Waals surface area contributed by atoms with Crippen LogP contribution in [0, 0.1) is 0 Å². The van der Waals surface area contributed by atoms with Crippen molar-refractivity contribution < 1.29 is 4.42 Å². The van der Waals surface area contributed by atoms with Gasteiger partial charge in [-0.3, -0.25) is 4.79 Å². The second kappa shape index (κ2) is 5.15. The van der Waals surface area contributed by atoms with Crippen molar-refractivity contribution in [2.75, 3.05) is 6.26 Å². The fourth-order valence-electron chi connectivity index (χ4n) is 1.82. The highest BCUT2D eigenvalue weighted by atomic mass is 35.5. The van der Waals surface area contributed by atoms with Gasteiger partial charge in [0.25, 0.3) is 0 Å². The van der Waals surface area contributed by atoms with Crippen LogP contribution in [0.25, 0.3) is 11.0 Å². The molecule has 0 spiro atoms. The van der Waals surface area contributed by atoms with Crippen LogP contribution in [0.4, 0.5) is 0 Å². The fraction of sp³-hybridized carbons (Fsp3) is 0.308. The largest absolute Gasteiger partial charge is 0.449 e. The van der Waals surface area contributed by atoms with Gasteiger partial charge in [-0.15, -0.1) is 0 Å². The molecule has 1 aromatic heterocycles. The van der Waals surface area contributed by atoms with E-state index in [1.54, 1.807) is 18.2 Å².